The molecule has 2 aliphatic rings. The summed E-state index contributed by atoms with van der Waals surface area (Å²) < 4.78 is 11.5. The van der Waals surface area contributed by atoms with Gasteiger partial charge < -0.3 is 19.2 Å². The van der Waals surface area contributed by atoms with Gasteiger partial charge >= 0.3 is 0 Å². The van der Waals surface area contributed by atoms with Gasteiger partial charge in [0.05, 0.1) is 5.57 Å². The molecule has 0 spiro atoms. The molecule has 1 fully saturated rings. The Morgan fingerprint density at radius 2 is 2.00 bits per heavy atom. The molecule has 158 valence electrons. The van der Waals surface area contributed by atoms with Gasteiger partial charge in [0, 0.05) is 18.5 Å². The lowest BCUT2D eigenvalue weighted by molar-refractivity contribution is -0.140. The van der Waals surface area contributed by atoms with Crippen molar-refractivity contribution in [2.45, 2.75) is 58.6 Å². The quantitative estimate of drug-likeness (QED) is 0.328. The van der Waals surface area contributed by atoms with Gasteiger partial charge in [-0.05, 0) is 56.2 Å². The molecule has 4 rings (SSSR count). The zero-order valence-electron chi connectivity index (χ0n) is 17.6. The number of unbranched alkanes of at least 4 members (excludes halogenated alkanes) is 2. The first-order valence-electron chi connectivity index (χ1n) is 10.6. The van der Waals surface area contributed by atoms with Gasteiger partial charge in [-0.25, -0.2) is 0 Å². The van der Waals surface area contributed by atoms with E-state index in [1.165, 1.54) is 4.90 Å². The van der Waals surface area contributed by atoms with Gasteiger partial charge in [-0.1, -0.05) is 19.8 Å². The number of carbonyl (C=O) groups is 2. The Kier molecular flexibility index (Phi) is 5.41. The van der Waals surface area contributed by atoms with E-state index in [1.807, 2.05) is 19.9 Å². The van der Waals surface area contributed by atoms with Crippen LogP contribution >= 0.6 is 0 Å². The number of aryl methyl sites for hydroxylation is 1. The summed E-state index contributed by atoms with van der Waals surface area (Å²) >= 11 is 0. The minimum Gasteiger partial charge on any atom is -0.507 e. The number of aliphatic hydroxyl groups is 1. The monoisotopic (exact) mass is 409 g/mol. The summed E-state index contributed by atoms with van der Waals surface area (Å²) in [6.45, 7) is 6.32. The summed E-state index contributed by atoms with van der Waals surface area (Å²) in [5.41, 5.74) is 1.57. The van der Waals surface area contributed by atoms with Gasteiger partial charge in [0.1, 0.15) is 35.2 Å². The Morgan fingerprint density at radius 3 is 2.70 bits per heavy atom. The van der Waals surface area contributed by atoms with Crippen molar-refractivity contribution in [3.05, 3.63) is 58.6 Å². The number of ketones is 1. The normalized spacial score (nSPS) is 22.4. The van der Waals surface area contributed by atoms with E-state index in [2.05, 4.69) is 6.92 Å². The van der Waals surface area contributed by atoms with E-state index in [-0.39, 0.29) is 17.4 Å². The van der Waals surface area contributed by atoms with Gasteiger partial charge in [-0.3, -0.25) is 9.59 Å². The van der Waals surface area contributed by atoms with Crippen LogP contribution in [0, 0.1) is 6.92 Å². The van der Waals surface area contributed by atoms with Crippen molar-refractivity contribution < 1.29 is 23.8 Å². The van der Waals surface area contributed by atoms with E-state index in [1.54, 1.807) is 24.3 Å². The minimum atomic E-state index is -0.723. The zero-order valence-corrected chi connectivity index (χ0v) is 17.6. The molecule has 6 heteroatoms. The molecule has 2 atom stereocenters. The predicted molar refractivity (Wildman–Crippen MR) is 112 cm³/mol. The zero-order chi connectivity index (χ0) is 21.4. The van der Waals surface area contributed by atoms with Gasteiger partial charge in [0.15, 0.2) is 0 Å². The largest absolute Gasteiger partial charge is 0.507 e. The number of fused-ring (bicyclic) bond motifs is 1. The summed E-state index contributed by atoms with van der Waals surface area (Å²) in [5, 5.41) is 11.1. The second-order valence-corrected chi connectivity index (χ2v) is 8.10. The van der Waals surface area contributed by atoms with Crippen LogP contribution in [0.1, 0.15) is 61.8 Å². The molecule has 0 bridgehead atoms. The number of rotatable bonds is 6. The number of furan rings is 1. The number of aliphatic hydroxyl groups excluding tert-OH is 1. The highest BCUT2D eigenvalue weighted by Crippen LogP contribution is 2.41. The maximum Gasteiger partial charge on any atom is 0.295 e. The van der Waals surface area contributed by atoms with Crippen molar-refractivity contribution in [3.63, 3.8) is 0 Å². The third-order valence-electron chi connectivity index (χ3n) is 5.74. The Balaban J connectivity index is 1.78. The van der Waals surface area contributed by atoms with E-state index in [9.17, 15) is 14.7 Å². The van der Waals surface area contributed by atoms with Crippen LogP contribution in [0.25, 0.3) is 5.76 Å². The third-order valence-corrected chi connectivity index (χ3v) is 5.74. The first kappa shape index (κ1) is 20.3. The van der Waals surface area contributed by atoms with Gasteiger partial charge in [0.2, 0.25) is 0 Å². The molecule has 0 aliphatic carbocycles. The fourth-order valence-corrected chi connectivity index (χ4v) is 4.26. The molecule has 2 aliphatic heterocycles. The molecule has 2 aromatic rings. The Labute approximate surface area is 176 Å². The molecule has 0 radical (unpaired) electrons. The molecule has 30 heavy (non-hydrogen) atoms. The average Bonchev–Trinajstić information content (AvgIpc) is 3.38. The Hall–Kier alpha value is -3.02. The maximum absolute atomic E-state index is 13.0. The molecule has 0 saturated carbocycles. The second-order valence-electron chi connectivity index (χ2n) is 8.10. The number of carbonyl (C=O) groups excluding carboxylic acids is 2. The molecule has 1 saturated heterocycles. The van der Waals surface area contributed by atoms with Crippen LogP contribution in [-0.4, -0.2) is 34.3 Å². The van der Waals surface area contributed by atoms with E-state index >= 15 is 0 Å². The fraction of sp³-hybridized carbons (Fsp3) is 0.417. The van der Waals surface area contributed by atoms with Crippen LogP contribution in [0.4, 0.5) is 0 Å². The smallest absolute Gasteiger partial charge is 0.295 e. The van der Waals surface area contributed by atoms with Crippen LogP contribution in [0.15, 0.2) is 40.3 Å². The SMILES string of the molecule is CCCCCN1C(=O)C(=O)/C(=C(\O)c2ccc3c(c2)CC(C)O3)C1c1ccc(C)o1. The average molecular weight is 409 g/mol. The molecule has 1 aromatic carbocycles. The number of likely N-dealkylation sites (tertiary alicyclic amines) is 1. The topological polar surface area (TPSA) is 80.0 Å². The fourth-order valence-electron chi connectivity index (χ4n) is 4.26. The first-order valence-corrected chi connectivity index (χ1v) is 10.6. The predicted octanol–water partition coefficient (Wildman–Crippen LogP) is 4.52. The molecule has 2 unspecified atom stereocenters. The Bertz CT molecular complexity index is 1020. The number of hydrogen-bond acceptors (Lipinski definition) is 5. The van der Waals surface area contributed by atoms with Crippen LogP contribution in [0.2, 0.25) is 0 Å². The lowest BCUT2D eigenvalue weighted by Gasteiger charge is -2.23. The number of amides is 1. The van der Waals surface area contributed by atoms with Crippen molar-refractivity contribution in [2.75, 3.05) is 6.54 Å². The van der Waals surface area contributed by atoms with E-state index in [0.717, 1.165) is 37.0 Å². The molecule has 6 nitrogen and oxygen atoms in total. The molecule has 1 N–H and O–H groups in total. The molecular weight excluding hydrogens is 382 g/mol. The molecule has 1 aromatic heterocycles. The molecule has 1 amide bonds. The van der Waals surface area contributed by atoms with Crippen LogP contribution < -0.4 is 4.74 Å². The number of ether oxygens (including phenoxy) is 1. The highest BCUT2D eigenvalue weighted by Gasteiger charge is 2.47. The molecule has 3 heterocycles. The number of benzene rings is 1. The summed E-state index contributed by atoms with van der Waals surface area (Å²) in [7, 11) is 0. The van der Waals surface area contributed by atoms with Gasteiger partial charge in [-0.15, -0.1) is 0 Å². The second kappa shape index (κ2) is 8.01. The minimum absolute atomic E-state index is 0.0765. The third kappa shape index (κ3) is 3.51. The maximum atomic E-state index is 13.0. The first-order chi connectivity index (χ1) is 14.4. The number of hydrogen-bond donors (Lipinski definition) is 1. The lowest BCUT2D eigenvalue weighted by Crippen LogP contribution is -2.30. The Morgan fingerprint density at radius 1 is 1.20 bits per heavy atom. The standard InChI is InChI=1S/C24H27NO5/c1-4-5-6-11-25-21(19-9-7-14(2)29-19)20(23(27)24(25)28)22(26)16-8-10-18-17(13-16)12-15(3)30-18/h7-10,13,15,21,26H,4-6,11-12H2,1-3H3/b22-20-. The van der Waals surface area contributed by atoms with Gasteiger partial charge in [-0.2, -0.15) is 0 Å². The summed E-state index contributed by atoms with van der Waals surface area (Å²) in [6.07, 6.45) is 3.56. The summed E-state index contributed by atoms with van der Waals surface area (Å²) in [6, 6.07) is 8.21. The van der Waals surface area contributed by atoms with E-state index in [4.69, 9.17) is 9.15 Å². The van der Waals surface area contributed by atoms with Crippen molar-refractivity contribution in [1.82, 2.24) is 4.90 Å². The van der Waals surface area contributed by atoms with Crippen molar-refractivity contribution in [2.24, 2.45) is 0 Å². The van der Waals surface area contributed by atoms with Crippen molar-refractivity contribution >= 4 is 17.4 Å². The highest BCUT2D eigenvalue weighted by atomic mass is 16.5. The van der Waals surface area contributed by atoms with Crippen molar-refractivity contribution in [3.8, 4) is 5.75 Å². The van der Waals surface area contributed by atoms with Crippen LogP contribution in [0.3, 0.4) is 0 Å². The number of Topliss-reactive ketones (excluding diaryl/α,β-unsaturated/α-hetero) is 1. The van der Waals surface area contributed by atoms with E-state index in [0.29, 0.717) is 23.6 Å². The molecular formula is C24H27NO5. The van der Waals surface area contributed by atoms with E-state index < -0.39 is 17.7 Å². The highest BCUT2D eigenvalue weighted by molar-refractivity contribution is 6.46. The van der Waals surface area contributed by atoms with Gasteiger partial charge in [0.25, 0.3) is 11.7 Å². The van der Waals surface area contributed by atoms with Crippen LogP contribution in [-0.2, 0) is 16.0 Å². The van der Waals surface area contributed by atoms with Crippen molar-refractivity contribution in [1.29, 1.82) is 0 Å². The van der Waals surface area contributed by atoms with Crippen LogP contribution in [0.5, 0.6) is 5.75 Å². The summed E-state index contributed by atoms with van der Waals surface area (Å²) in [4.78, 5) is 27.3. The lowest BCUT2D eigenvalue weighted by atomic mass is 9.97. The number of nitrogens with zero attached hydrogens (tertiary/aromatic N) is 1. The summed E-state index contributed by atoms with van der Waals surface area (Å²) in [5.74, 6) is 0.527.